The van der Waals surface area contributed by atoms with E-state index in [2.05, 4.69) is 10.3 Å². The van der Waals surface area contributed by atoms with Gasteiger partial charge in [-0.3, -0.25) is 4.79 Å². The van der Waals surface area contributed by atoms with Gasteiger partial charge in [0, 0.05) is 11.9 Å². The number of aromatic nitrogens is 1. The standard InChI is InChI=1S/C16H14N2O2S/c19-15(12-7-8-21-10-12)9-17-16(20)14-6-5-11-3-1-2-4-13(11)18-14/h1-8,10,15,19H,9H2,(H,17,20). The second-order valence-electron chi connectivity index (χ2n) is 4.67. The minimum Gasteiger partial charge on any atom is -0.387 e. The molecule has 0 saturated carbocycles. The molecule has 0 spiro atoms. The van der Waals surface area contributed by atoms with Gasteiger partial charge in [-0.25, -0.2) is 4.98 Å². The fourth-order valence-corrected chi connectivity index (χ4v) is 2.76. The van der Waals surface area contributed by atoms with Crippen molar-refractivity contribution >= 4 is 28.1 Å². The van der Waals surface area contributed by atoms with E-state index in [-0.39, 0.29) is 12.5 Å². The number of nitrogens with one attached hydrogen (secondary N) is 1. The second kappa shape index (κ2) is 6.03. The number of hydrogen-bond acceptors (Lipinski definition) is 4. The van der Waals surface area contributed by atoms with Gasteiger partial charge in [0.25, 0.3) is 5.91 Å². The van der Waals surface area contributed by atoms with Crippen molar-refractivity contribution in [1.29, 1.82) is 0 Å². The van der Waals surface area contributed by atoms with Crippen LogP contribution in [-0.4, -0.2) is 22.5 Å². The minimum atomic E-state index is -0.694. The number of aliphatic hydroxyl groups excluding tert-OH is 1. The summed E-state index contributed by atoms with van der Waals surface area (Å²) < 4.78 is 0. The van der Waals surface area contributed by atoms with Gasteiger partial charge in [0.15, 0.2) is 0 Å². The Bertz CT molecular complexity index is 756. The molecule has 1 unspecified atom stereocenters. The largest absolute Gasteiger partial charge is 0.387 e. The van der Waals surface area contributed by atoms with Crippen molar-refractivity contribution in [3.8, 4) is 0 Å². The minimum absolute atomic E-state index is 0.171. The maximum atomic E-state index is 12.1. The fourth-order valence-electron chi connectivity index (χ4n) is 2.05. The summed E-state index contributed by atoms with van der Waals surface area (Å²) in [5.74, 6) is -0.282. The lowest BCUT2D eigenvalue weighted by molar-refractivity contribution is 0.0912. The lowest BCUT2D eigenvalue weighted by Crippen LogP contribution is -2.28. The molecule has 0 radical (unpaired) electrons. The van der Waals surface area contributed by atoms with Crippen LogP contribution in [0.3, 0.4) is 0 Å². The van der Waals surface area contributed by atoms with Crippen LogP contribution in [0.1, 0.15) is 22.2 Å². The van der Waals surface area contributed by atoms with Crippen LogP contribution >= 0.6 is 11.3 Å². The Hall–Kier alpha value is -2.24. The Balaban J connectivity index is 1.69. The third-order valence-electron chi connectivity index (χ3n) is 3.21. The molecule has 2 N–H and O–H groups in total. The predicted octanol–water partition coefficient (Wildman–Crippen LogP) is 2.76. The van der Waals surface area contributed by atoms with Crippen molar-refractivity contribution in [3.63, 3.8) is 0 Å². The Morgan fingerprint density at radius 3 is 2.90 bits per heavy atom. The molecule has 1 amide bonds. The van der Waals surface area contributed by atoms with Crippen molar-refractivity contribution in [2.75, 3.05) is 6.54 Å². The van der Waals surface area contributed by atoms with E-state index in [1.54, 1.807) is 6.07 Å². The molecule has 21 heavy (non-hydrogen) atoms. The second-order valence-corrected chi connectivity index (χ2v) is 5.45. The van der Waals surface area contributed by atoms with Crippen LogP contribution in [-0.2, 0) is 0 Å². The molecule has 3 aromatic rings. The first kappa shape index (κ1) is 13.7. The molecule has 4 nitrogen and oxygen atoms in total. The molecular weight excluding hydrogens is 284 g/mol. The quantitative estimate of drug-likeness (QED) is 0.778. The fraction of sp³-hybridized carbons (Fsp3) is 0.125. The molecule has 0 aliphatic rings. The van der Waals surface area contributed by atoms with E-state index in [4.69, 9.17) is 0 Å². The first-order valence-electron chi connectivity index (χ1n) is 6.58. The Kier molecular flexibility index (Phi) is 3.94. The molecule has 0 saturated heterocycles. The molecule has 1 atom stereocenters. The van der Waals surface area contributed by atoms with E-state index < -0.39 is 6.10 Å². The number of amides is 1. The predicted molar refractivity (Wildman–Crippen MR) is 83.4 cm³/mol. The van der Waals surface area contributed by atoms with Gasteiger partial charge in [0.1, 0.15) is 5.69 Å². The van der Waals surface area contributed by atoms with Crippen LogP contribution in [0, 0.1) is 0 Å². The molecule has 5 heteroatoms. The number of carbonyl (C=O) groups excluding carboxylic acids is 1. The molecule has 106 valence electrons. The van der Waals surface area contributed by atoms with Crippen molar-refractivity contribution in [2.45, 2.75) is 6.10 Å². The van der Waals surface area contributed by atoms with Gasteiger partial charge >= 0.3 is 0 Å². The lowest BCUT2D eigenvalue weighted by Gasteiger charge is -2.10. The summed E-state index contributed by atoms with van der Waals surface area (Å²) in [5, 5.41) is 17.4. The maximum absolute atomic E-state index is 12.1. The maximum Gasteiger partial charge on any atom is 0.270 e. The number of hydrogen-bond donors (Lipinski definition) is 2. The summed E-state index contributed by atoms with van der Waals surface area (Å²) in [7, 11) is 0. The molecule has 0 fully saturated rings. The van der Waals surface area contributed by atoms with Crippen molar-refractivity contribution < 1.29 is 9.90 Å². The van der Waals surface area contributed by atoms with Crippen LogP contribution in [0.4, 0.5) is 0 Å². The summed E-state index contributed by atoms with van der Waals surface area (Å²) >= 11 is 1.51. The zero-order chi connectivity index (χ0) is 14.7. The topological polar surface area (TPSA) is 62.2 Å². The van der Waals surface area contributed by atoms with Crippen LogP contribution in [0.15, 0.2) is 53.2 Å². The van der Waals surface area contributed by atoms with Crippen LogP contribution in [0.25, 0.3) is 10.9 Å². The average molecular weight is 298 g/mol. The zero-order valence-electron chi connectivity index (χ0n) is 11.2. The van der Waals surface area contributed by atoms with E-state index in [1.807, 2.05) is 47.2 Å². The molecular formula is C16H14N2O2S. The number of fused-ring (bicyclic) bond motifs is 1. The molecule has 2 heterocycles. The smallest absolute Gasteiger partial charge is 0.270 e. The Morgan fingerprint density at radius 1 is 1.24 bits per heavy atom. The summed E-state index contributed by atoms with van der Waals surface area (Å²) in [6, 6.07) is 13.0. The van der Waals surface area contributed by atoms with Crippen molar-refractivity contribution in [1.82, 2.24) is 10.3 Å². The zero-order valence-corrected chi connectivity index (χ0v) is 12.0. The highest BCUT2D eigenvalue weighted by Crippen LogP contribution is 2.15. The number of carbonyl (C=O) groups is 1. The van der Waals surface area contributed by atoms with Crippen LogP contribution in [0.2, 0.25) is 0 Å². The number of thiophene rings is 1. The monoisotopic (exact) mass is 298 g/mol. The molecule has 2 aromatic heterocycles. The first-order chi connectivity index (χ1) is 10.2. The molecule has 1 aromatic carbocycles. The highest BCUT2D eigenvalue weighted by molar-refractivity contribution is 7.07. The van der Waals surface area contributed by atoms with Crippen molar-refractivity contribution in [3.05, 3.63) is 64.5 Å². The van der Waals surface area contributed by atoms with Crippen LogP contribution in [0.5, 0.6) is 0 Å². The van der Waals surface area contributed by atoms with E-state index in [9.17, 15) is 9.90 Å². The summed E-state index contributed by atoms with van der Waals surface area (Å²) in [6.45, 7) is 0.171. The molecule has 0 aliphatic carbocycles. The highest BCUT2D eigenvalue weighted by atomic mass is 32.1. The molecule has 3 rings (SSSR count). The summed E-state index contributed by atoms with van der Waals surface area (Å²) in [5.41, 5.74) is 1.95. The first-order valence-corrected chi connectivity index (χ1v) is 7.52. The average Bonchev–Trinajstić information content (AvgIpc) is 3.06. The number of pyridine rings is 1. The van der Waals surface area contributed by atoms with Crippen molar-refractivity contribution in [2.24, 2.45) is 0 Å². The number of nitrogens with zero attached hydrogens (tertiary/aromatic N) is 1. The normalized spacial score (nSPS) is 12.2. The number of rotatable bonds is 4. The van der Waals surface area contributed by atoms with Gasteiger partial charge in [-0.2, -0.15) is 11.3 Å². The lowest BCUT2D eigenvalue weighted by atomic mass is 10.2. The third-order valence-corrected chi connectivity index (χ3v) is 3.92. The van der Waals surface area contributed by atoms with Crippen LogP contribution < -0.4 is 5.32 Å². The van der Waals surface area contributed by atoms with E-state index in [1.165, 1.54) is 11.3 Å². The molecule has 0 bridgehead atoms. The van der Waals surface area contributed by atoms with Gasteiger partial charge < -0.3 is 10.4 Å². The van der Waals surface area contributed by atoms with E-state index in [0.717, 1.165) is 16.5 Å². The highest BCUT2D eigenvalue weighted by Gasteiger charge is 2.12. The molecule has 0 aliphatic heterocycles. The SMILES string of the molecule is O=C(NCC(O)c1ccsc1)c1ccc2ccccc2n1. The van der Waals surface area contributed by atoms with Gasteiger partial charge in [-0.1, -0.05) is 24.3 Å². The van der Waals surface area contributed by atoms with Gasteiger partial charge in [0.05, 0.1) is 11.6 Å². The number of aliphatic hydroxyl groups is 1. The van der Waals surface area contributed by atoms with Gasteiger partial charge in [-0.05, 0) is 34.5 Å². The van der Waals surface area contributed by atoms with E-state index in [0.29, 0.717) is 5.69 Å². The number of para-hydroxylation sites is 1. The number of benzene rings is 1. The van der Waals surface area contributed by atoms with E-state index >= 15 is 0 Å². The Morgan fingerprint density at radius 2 is 2.10 bits per heavy atom. The summed E-state index contributed by atoms with van der Waals surface area (Å²) in [6.07, 6.45) is -0.694. The Labute approximate surface area is 126 Å². The van der Waals surface area contributed by atoms with Gasteiger partial charge in [0.2, 0.25) is 0 Å². The van der Waals surface area contributed by atoms with Gasteiger partial charge in [-0.15, -0.1) is 0 Å². The summed E-state index contributed by atoms with van der Waals surface area (Å²) in [4.78, 5) is 16.4. The third kappa shape index (κ3) is 3.09.